The Hall–Kier alpha value is -2.03. The average Bonchev–Trinajstić information content (AvgIpc) is 3.22. The van der Waals surface area contributed by atoms with Gasteiger partial charge in [-0.3, -0.25) is 13.8 Å². The summed E-state index contributed by atoms with van der Waals surface area (Å²) in [6.45, 7) is 19.1. The first-order valence-electron chi connectivity index (χ1n) is 17.9. The second-order valence-electron chi connectivity index (χ2n) is 17.5. The van der Waals surface area contributed by atoms with Crippen LogP contribution in [0.15, 0.2) is 40.3 Å². The van der Waals surface area contributed by atoms with E-state index in [2.05, 4.69) is 34.6 Å². The SMILES string of the molecule is CC(=O)O[C@H]1CC[C@]2(C)[C@H]3CC[C@@H]4C5=C(C(C)C)C(=O)[C@@H](OS(=O)(=O)c6ccc(C)cc6)[C@]5(CO)CC[C@@]4(C)[C@]3(C)CC[C@H]2C1(C)C. The van der Waals surface area contributed by atoms with E-state index in [9.17, 15) is 23.1 Å². The fourth-order valence-electron chi connectivity index (χ4n) is 12.3. The molecule has 1 aromatic carbocycles. The molecule has 0 radical (unpaired) electrons. The van der Waals surface area contributed by atoms with Gasteiger partial charge in [-0.2, -0.15) is 8.42 Å². The fraction of sp³-hybridized carbons (Fsp3) is 0.744. The summed E-state index contributed by atoms with van der Waals surface area (Å²) in [6.07, 6.45) is 5.84. The lowest BCUT2D eigenvalue weighted by Gasteiger charge is -2.72. The highest BCUT2D eigenvalue weighted by Crippen LogP contribution is 2.76. The molecule has 1 N–H and O–H groups in total. The van der Waals surface area contributed by atoms with Gasteiger partial charge in [-0.15, -0.1) is 0 Å². The third-order valence-electron chi connectivity index (χ3n) is 14.8. The van der Waals surface area contributed by atoms with E-state index in [0.717, 1.165) is 56.1 Å². The van der Waals surface area contributed by atoms with E-state index in [1.54, 1.807) is 12.1 Å². The summed E-state index contributed by atoms with van der Waals surface area (Å²) in [6, 6.07) is 6.49. The van der Waals surface area contributed by atoms with Crippen molar-refractivity contribution in [2.24, 2.45) is 50.7 Å². The highest BCUT2D eigenvalue weighted by molar-refractivity contribution is 7.86. The number of rotatable bonds is 6. The summed E-state index contributed by atoms with van der Waals surface area (Å²) in [5.74, 6) is 0.324. The number of aliphatic hydroxyl groups is 1. The van der Waals surface area contributed by atoms with Gasteiger partial charge < -0.3 is 9.84 Å². The Morgan fingerprint density at radius 2 is 1.57 bits per heavy atom. The van der Waals surface area contributed by atoms with Crippen molar-refractivity contribution in [2.45, 2.75) is 131 Å². The number of ketones is 1. The Labute approximate surface area is 282 Å². The predicted octanol–water partition coefficient (Wildman–Crippen LogP) is 7.58. The molecular formula is C39H56O7S. The summed E-state index contributed by atoms with van der Waals surface area (Å²) in [5.41, 5.74) is 1.31. The topological polar surface area (TPSA) is 107 Å². The Morgan fingerprint density at radius 3 is 2.17 bits per heavy atom. The zero-order valence-corrected chi connectivity index (χ0v) is 30.8. The molecule has 4 saturated carbocycles. The number of ether oxygens (including phenoxy) is 1. The number of carbonyl (C=O) groups is 2. The second-order valence-corrected chi connectivity index (χ2v) is 19.0. The molecule has 0 heterocycles. The molecule has 260 valence electrons. The molecule has 8 heteroatoms. The van der Waals surface area contributed by atoms with Crippen LogP contribution in [0.2, 0.25) is 0 Å². The standard InChI is InChI=1S/C39H56O7S/c1-23(2)31-32-27-14-15-29-36(7)18-17-30(45-25(4)41)35(5,6)28(36)16-19-38(29,9)37(27,8)20-21-39(32,22-40)34(33(31)42)46-47(43,44)26-12-10-24(3)11-13-26/h10-13,23,27-30,34,40H,14-22H2,1-9H3/t27-,28+,29-,30+,34-,36+,37-,38-,39+/m1/s1. The predicted molar refractivity (Wildman–Crippen MR) is 181 cm³/mol. The quantitative estimate of drug-likeness (QED) is 0.246. The molecule has 0 bridgehead atoms. The normalized spacial score (nSPS) is 41.2. The van der Waals surface area contributed by atoms with Crippen LogP contribution in [-0.4, -0.2) is 44.1 Å². The van der Waals surface area contributed by atoms with Crippen molar-refractivity contribution in [3.05, 3.63) is 41.0 Å². The van der Waals surface area contributed by atoms with E-state index in [-0.39, 0.29) is 62.9 Å². The maximum Gasteiger partial charge on any atom is 0.302 e. The number of esters is 1. The minimum Gasteiger partial charge on any atom is -0.462 e. The van der Waals surface area contributed by atoms with Gasteiger partial charge in [0.25, 0.3) is 10.1 Å². The van der Waals surface area contributed by atoms with Gasteiger partial charge in [-0.05, 0) is 116 Å². The van der Waals surface area contributed by atoms with Crippen molar-refractivity contribution in [1.29, 1.82) is 0 Å². The van der Waals surface area contributed by atoms with Gasteiger partial charge in [-0.1, -0.05) is 66.2 Å². The van der Waals surface area contributed by atoms with Gasteiger partial charge in [0.1, 0.15) is 6.10 Å². The summed E-state index contributed by atoms with van der Waals surface area (Å²) in [7, 11) is -4.25. The molecule has 0 unspecified atom stereocenters. The summed E-state index contributed by atoms with van der Waals surface area (Å²) >= 11 is 0. The Balaban J connectivity index is 1.39. The molecule has 0 saturated heterocycles. The van der Waals surface area contributed by atoms with E-state index in [4.69, 9.17) is 8.92 Å². The van der Waals surface area contributed by atoms with Gasteiger partial charge >= 0.3 is 5.97 Å². The average molecular weight is 669 g/mol. The third-order valence-corrected chi connectivity index (χ3v) is 16.1. The van der Waals surface area contributed by atoms with Crippen LogP contribution in [0.4, 0.5) is 0 Å². The molecule has 5 aliphatic carbocycles. The molecule has 1 aromatic rings. The van der Waals surface area contributed by atoms with Crippen LogP contribution in [0, 0.1) is 57.7 Å². The third kappa shape index (κ3) is 4.80. The van der Waals surface area contributed by atoms with E-state index in [1.165, 1.54) is 19.1 Å². The molecule has 4 fully saturated rings. The van der Waals surface area contributed by atoms with Crippen LogP contribution in [0.1, 0.15) is 112 Å². The molecule has 6 rings (SSSR count). The molecule has 0 spiro atoms. The van der Waals surface area contributed by atoms with Gasteiger partial charge in [0.05, 0.1) is 16.9 Å². The number of Topliss-reactive ketones (excluding diaryl/α,β-unsaturated/α-hetero) is 1. The van der Waals surface area contributed by atoms with E-state index < -0.39 is 21.6 Å². The molecule has 5 aliphatic rings. The number of hydrogen-bond donors (Lipinski definition) is 1. The van der Waals surface area contributed by atoms with E-state index in [0.29, 0.717) is 23.8 Å². The lowest BCUT2D eigenvalue weighted by Crippen LogP contribution is -2.66. The number of hydrogen-bond acceptors (Lipinski definition) is 7. The summed E-state index contributed by atoms with van der Waals surface area (Å²) in [4.78, 5) is 26.5. The highest BCUT2D eigenvalue weighted by atomic mass is 32.2. The van der Waals surface area contributed by atoms with Crippen molar-refractivity contribution < 1.29 is 32.0 Å². The first-order chi connectivity index (χ1) is 21.8. The largest absolute Gasteiger partial charge is 0.462 e. The lowest BCUT2D eigenvalue weighted by atomic mass is 9.33. The first kappa shape index (κ1) is 34.8. The zero-order valence-electron chi connectivity index (χ0n) is 29.9. The minimum atomic E-state index is -4.25. The first-order valence-corrected chi connectivity index (χ1v) is 19.3. The van der Waals surface area contributed by atoms with Crippen LogP contribution in [0.25, 0.3) is 0 Å². The zero-order chi connectivity index (χ0) is 34.5. The smallest absolute Gasteiger partial charge is 0.302 e. The van der Waals surface area contributed by atoms with Crippen LogP contribution < -0.4 is 0 Å². The van der Waals surface area contributed by atoms with E-state index >= 15 is 0 Å². The molecule has 9 atom stereocenters. The molecule has 0 aliphatic heterocycles. The molecular weight excluding hydrogens is 612 g/mol. The van der Waals surface area contributed by atoms with Crippen molar-refractivity contribution >= 4 is 21.9 Å². The number of aryl methyl sites for hydroxylation is 1. The molecule has 47 heavy (non-hydrogen) atoms. The minimum absolute atomic E-state index is 0.0157. The van der Waals surface area contributed by atoms with Crippen LogP contribution in [-0.2, 0) is 28.6 Å². The van der Waals surface area contributed by atoms with Crippen molar-refractivity contribution in [3.8, 4) is 0 Å². The van der Waals surface area contributed by atoms with Crippen molar-refractivity contribution in [3.63, 3.8) is 0 Å². The monoisotopic (exact) mass is 668 g/mol. The molecule has 0 aromatic heterocycles. The Morgan fingerprint density at radius 1 is 0.915 bits per heavy atom. The number of aliphatic hydroxyl groups excluding tert-OH is 1. The van der Waals surface area contributed by atoms with E-state index in [1.807, 2.05) is 20.8 Å². The van der Waals surface area contributed by atoms with Crippen molar-refractivity contribution in [1.82, 2.24) is 0 Å². The van der Waals surface area contributed by atoms with Gasteiger partial charge in [0.15, 0.2) is 11.9 Å². The Kier molecular flexibility index (Phi) is 8.33. The number of fused-ring (bicyclic) bond motifs is 7. The summed E-state index contributed by atoms with van der Waals surface area (Å²) < 4.78 is 39.1. The van der Waals surface area contributed by atoms with Crippen LogP contribution in [0.5, 0.6) is 0 Å². The van der Waals surface area contributed by atoms with Gasteiger partial charge in [0.2, 0.25) is 0 Å². The van der Waals surface area contributed by atoms with Gasteiger partial charge in [0, 0.05) is 17.9 Å². The van der Waals surface area contributed by atoms with Crippen LogP contribution in [0.3, 0.4) is 0 Å². The van der Waals surface area contributed by atoms with Crippen LogP contribution >= 0.6 is 0 Å². The summed E-state index contributed by atoms with van der Waals surface area (Å²) in [5, 5.41) is 11.3. The van der Waals surface area contributed by atoms with Crippen molar-refractivity contribution in [2.75, 3.05) is 6.61 Å². The second kappa shape index (κ2) is 11.2. The molecule has 0 amide bonds. The van der Waals surface area contributed by atoms with Gasteiger partial charge in [-0.25, -0.2) is 0 Å². The lowest BCUT2D eigenvalue weighted by molar-refractivity contribution is -0.234. The molecule has 7 nitrogen and oxygen atoms in total. The highest BCUT2D eigenvalue weighted by Gasteiger charge is 2.71. The number of carbonyl (C=O) groups excluding carboxylic acids is 2. The number of benzene rings is 1. The Bertz CT molecular complexity index is 1590. The maximum atomic E-state index is 14.4. The fourth-order valence-corrected chi connectivity index (χ4v) is 13.4. The maximum absolute atomic E-state index is 14.4.